The van der Waals surface area contributed by atoms with Gasteiger partial charge in [0.25, 0.3) is 5.91 Å². The zero-order chi connectivity index (χ0) is 17.6. The molecule has 2 N–H and O–H groups in total. The number of hydrogen-bond acceptors (Lipinski definition) is 4. The van der Waals surface area contributed by atoms with E-state index in [-0.39, 0.29) is 5.91 Å². The van der Waals surface area contributed by atoms with Gasteiger partial charge in [-0.3, -0.25) is 4.79 Å². The van der Waals surface area contributed by atoms with Gasteiger partial charge in [-0.1, -0.05) is 18.2 Å². The van der Waals surface area contributed by atoms with Gasteiger partial charge < -0.3 is 15.5 Å². The number of piperazine rings is 1. The summed E-state index contributed by atoms with van der Waals surface area (Å²) in [6, 6.07) is 8.06. The first-order valence-electron chi connectivity index (χ1n) is 8.98. The molecule has 0 bridgehead atoms. The molecule has 0 saturated carbocycles. The highest BCUT2D eigenvalue weighted by Gasteiger charge is 2.16. The lowest BCUT2D eigenvalue weighted by Gasteiger charge is -2.27. The number of aryl methyl sites for hydroxylation is 1. The summed E-state index contributed by atoms with van der Waals surface area (Å²) in [5.41, 5.74) is 3.66. The number of amides is 1. The summed E-state index contributed by atoms with van der Waals surface area (Å²) in [5, 5.41) is 10.8. The van der Waals surface area contributed by atoms with Crippen molar-refractivity contribution in [2.75, 3.05) is 39.3 Å². The number of carbonyl (C=O) groups excluding carboxylic acids is 1. The zero-order valence-corrected chi connectivity index (χ0v) is 15.1. The van der Waals surface area contributed by atoms with Crippen LogP contribution in [0.3, 0.4) is 0 Å². The van der Waals surface area contributed by atoms with Crippen LogP contribution in [0, 0.1) is 13.8 Å². The molecule has 0 atom stereocenters. The summed E-state index contributed by atoms with van der Waals surface area (Å²) >= 11 is 0. The van der Waals surface area contributed by atoms with Crippen molar-refractivity contribution >= 4 is 5.91 Å². The third-order valence-corrected chi connectivity index (χ3v) is 4.74. The molecule has 2 aromatic rings. The van der Waals surface area contributed by atoms with Crippen molar-refractivity contribution in [3.8, 4) is 5.69 Å². The summed E-state index contributed by atoms with van der Waals surface area (Å²) in [6.45, 7) is 10.0. The van der Waals surface area contributed by atoms with Crippen LogP contribution in [-0.4, -0.2) is 59.9 Å². The van der Waals surface area contributed by atoms with E-state index in [4.69, 9.17) is 0 Å². The Labute approximate surface area is 149 Å². The second-order valence-electron chi connectivity index (χ2n) is 6.54. The highest BCUT2D eigenvalue weighted by molar-refractivity contribution is 5.95. The average molecular weight is 341 g/mol. The molecule has 0 spiro atoms. The van der Waals surface area contributed by atoms with Gasteiger partial charge in [0.1, 0.15) is 0 Å². The van der Waals surface area contributed by atoms with E-state index in [2.05, 4.69) is 20.6 Å². The minimum Gasteiger partial charge on any atom is -0.352 e. The van der Waals surface area contributed by atoms with Crippen LogP contribution in [0.25, 0.3) is 5.69 Å². The number of para-hydroxylation sites is 1. The highest BCUT2D eigenvalue weighted by atomic mass is 16.1. The molecule has 0 radical (unpaired) electrons. The second kappa shape index (κ2) is 8.27. The van der Waals surface area contributed by atoms with E-state index < -0.39 is 0 Å². The smallest absolute Gasteiger partial charge is 0.254 e. The number of nitrogens with one attached hydrogen (secondary N) is 2. The van der Waals surface area contributed by atoms with Crippen molar-refractivity contribution in [1.82, 2.24) is 25.3 Å². The molecule has 1 aliphatic heterocycles. The van der Waals surface area contributed by atoms with Crippen LogP contribution >= 0.6 is 0 Å². The fraction of sp³-hybridized carbons (Fsp3) is 0.474. The number of carbonyl (C=O) groups is 1. The molecule has 1 aliphatic rings. The Morgan fingerprint density at radius 1 is 1.24 bits per heavy atom. The monoisotopic (exact) mass is 341 g/mol. The maximum absolute atomic E-state index is 12.5. The van der Waals surface area contributed by atoms with Gasteiger partial charge >= 0.3 is 0 Å². The van der Waals surface area contributed by atoms with Crippen molar-refractivity contribution < 1.29 is 4.79 Å². The molecule has 1 aromatic carbocycles. The Balaban J connectivity index is 1.55. The third kappa shape index (κ3) is 4.27. The van der Waals surface area contributed by atoms with Gasteiger partial charge in [0.05, 0.1) is 23.1 Å². The third-order valence-electron chi connectivity index (χ3n) is 4.74. The summed E-state index contributed by atoms with van der Waals surface area (Å²) < 4.78 is 1.84. The van der Waals surface area contributed by atoms with Crippen molar-refractivity contribution in [2.24, 2.45) is 0 Å². The Morgan fingerprint density at radius 3 is 2.76 bits per heavy atom. The van der Waals surface area contributed by atoms with E-state index in [1.165, 1.54) is 0 Å². The van der Waals surface area contributed by atoms with E-state index in [9.17, 15) is 4.79 Å². The first-order valence-corrected chi connectivity index (χ1v) is 8.98. The molecule has 25 heavy (non-hydrogen) atoms. The number of aromatic nitrogens is 2. The first-order chi connectivity index (χ1) is 12.2. The number of benzene rings is 1. The van der Waals surface area contributed by atoms with Gasteiger partial charge in [-0.15, -0.1) is 0 Å². The summed E-state index contributed by atoms with van der Waals surface area (Å²) in [6.07, 6.45) is 2.63. The number of hydrogen-bond donors (Lipinski definition) is 2. The number of rotatable bonds is 6. The minimum absolute atomic E-state index is 0.0438. The van der Waals surface area contributed by atoms with Gasteiger partial charge in [-0.25, -0.2) is 4.68 Å². The fourth-order valence-corrected chi connectivity index (χ4v) is 3.21. The van der Waals surface area contributed by atoms with Crippen LogP contribution < -0.4 is 10.6 Å². The summed E-state index contributed by atoms with van der Waals surface area (Å²) in [4.78, 5) is 14.9. The largest absolute Gasteiger partial charge is 0.352 e. The standard InChI is InChI=1S/C19H27N5O/c1-15-6-3-4-7-18(15)24-16(2)17(14-22-24)19(25)21-8-5-11-23-12-9-20-10-13-23/h3-4,6-7,14,20H,5,8-13H2,1-2H3,(H,21,25). The topological polar surface area (TPSA) is 62.2 Å². The molecular formula is C19H27N5O. The van der Waals surface area contributed by atoms with Crippen molar-refractivity contribution in [3.63, 3.8) is 0 Å². The van der Waals surface area contributed by atoms with Crippen molar-refractivity contribution in [1.29, 1.82) is 0 Å². The fourth-order valence-electron chi connectivity index (χ4n) is 3.21. The predicted octanol–water partition coefficient (Wildman–Crippen LogP) is 1.51. The van der Waals surface area contributed by atoms with Crippen LogP contribution in [-0.2, 0) is 0 Å². The Morgan fingerprint density at radius 2 is 2.00 bits per heavy atom. The van der Waals surface area contributed by atoms with Crippen LogP contribution in [0.1, 0.15) is 28.0 Å². The molecule has 2 heterocycles. The number of nitrogens with zero attached hydrogens (tertiary/aromatic N) is 3. The molecule has 1 aromatic heterocycles. The SMILES string of the molecule is Cc1ccccc1-n1ncc(C(=O)NCCCN2CCNCC2)c1C. The molecular weight excluding hydrogens is 314 g/mol. The second-order valence-corrected chi connectivity index (χ2v) is 6.54. The van der Waals surface area contributed by atoms with Gasteiger partial charge in [0, 0.05) is 32.7 Å². The Hall–Kier alpha value is -2.18. The van der Waals surface area contributed by atoms with Crippen molar-refractivity contribution in [2.45, 2.75) is 20.3 Å². The minimum atomic E-state index is -0.0438. The summed E-state index contributed by atoms with van der Waals surface area (Å²) in [5.74, 6) is -0.0438. The first kappa shape index (κ1) is 17.6. The maximum atomic E-state index is 12.5. The normalized spacial score (nSPS) is 15.3. The molecule has 1 amide bonds. The van der Waals surface area contributed by atoms with E-state index in [1.807, 2.05) is 42.8 Å². The molecule has 0 unspecified atom stereocenters. The van der Waals surface area contributed by atoms with Gasteiger partial charge in [-0.2, -0.15) is 5.10 Å². The zero-order valence-electron chi connectivity index (χ0n) is 15.1. The predicted molar refractivity (Wildman–Crippen MR) is 99.3 cm³/mol. The van der Waals surface area contributed by atoms with Gasteiger partial charge in [0.2, 0.25) is 0 Å². The lowest BCUT2D eigenvalue weighted by molar-refractivity contribution is 0.0950. The van der Waals surface area contributed by atoms with Gasteiger partial charge in [-0.05, 0) is 38.4 Å². The molecule has 1 saturated heterocycles. The van der Waals surface area contributed by atoms with Crippen LogP contribution in [0.4, 0.5) is 0 Å². The van der Waals surface area contributed by atoms with Crippen molar-refractivity contribution in [3.05, 3.63) is 47.3 Å². The lowest BCUT2D eigenvalue weighted by atomic mass is 10.2. The molecule has 6 heteroatoms. The van der Waals surface area contributed by atoms with Gasteiger partial charge in [0.15, 0.2) is 0 Å². The van der Waals surface area contributed by atoms with E-state index >= 15 is 0 Å². The van der Waals surface area contributed by atoms with E-state index in [0.717, 1.165) is 56.1 Å². The Bertz CT molecular complexity index is 718. The van der Waals surface area contributed by atoms with E-state index in [1.54, 1.807) is 6.20 Å². The summed E-state index contributed by atoms with van der Waals surface area (Å²) in [7, 11) is 0. The lowest BCUT2D eigenvalue weighted by Crippen LogP contribution is -2.44. The van der Waals surface area contributed by atoms with Crippen LogP contribution in [0.5, 0.6) is 0 Å². The Kier molecular flexibility index (Phi) is 5.83. The van der Waals surface area contributed by atoms with Crippen LogP contribution in [0.15, 0.2) is 30.5 Å². The maximum Gasteiger partial charge on any atom is 0.254 e. The average Bonchev–Trinajstić information content (AvgIpc) is 3.01. The quantitative estimate of drug-likeness (QED) is 0.782. The molecule has 0 aliphatic carbocycles. The molecule has 6 nitrogen and oxygen atoms in total. The molecule has 1 fully saturated rings. The molecule has 134 valence electrons. The highest BCUT2D eigenvalue weighted by Crippen LogP contribution is 2.17. The van der Waals surface area contributed by atoms with Crippen LogP contribution in [0.2, 0.25) is 0 Å². The van der Waals surface area contributed by atoms with E-state index in [0.29, 0.717) is 12.1 Å². The molecule has 3 rings (SSSR count).